The summed E-state index contributed by atoms with van der Waals surface area (Å²) in [4.78, 5) is 16.7. The van der Waals surface area contributed by atoms with E-state index in [4.69, 9.17) is 4.74 Å². The van der Waals surface area contributed by atoms with E-state index in [1.165, 1.54) is 0 Å². The van der Waals surface area contributed by atoms with Crippen molar-refractivity contribution in [3.8, 4) is 5.75 Å². The quantitative estimate of drug-likeness (QED) is 0.786. The van der Waals surface area contributed by atoms with E-state index < -0.39 is 0 Å². The lowest BCUT2D eigenvalue weighted by Gasteiger charge is -2.07. The molecule has 1 aliphatic heterocycles. The molecule has 22 heavy (non-hydrogen) atoms. The summed E-state index contributed by atoms with van der Waals surface area (Å²) < 4.78 is 5.46. The fraction of sp³-hybridized carbons (Fsp3) is 0.111. The number of amides is 1. The monoisotopic (exact) mass is 290 g/mol. The van der Waals surface area contributed by atoms with Crippen LogP contribution >= 0.6 is 0 Å². The largest absolute Gasteiger partial charge is 0.493 e. The number of hydrogen-bond acceptors (Lipinski definition) is 3. The van der Waals surface area contributed by atoms with E-state index in [0.29, 0.717) is 17.9 Å². The standard InChI is InChI=1S/C18H14N2O2/c21-18(14-5-6-17-13(9-14)7-8-22-17)20-15-10-12-3-1-2-4-16(12)19-11-15/h1-6,9-11H,7-8H2,(H,20,21). The second-order valence-electron chi connectivity index (χ2n) is 5.29. The number of benzene rings is 2. The SMILES string of the molecule is O=C(Nc1cnc2ccccc2c1)c1ccc2c(c1)CCO2. The Bertz CT molecular complexity index is 874. The van der Waals surface area contributed by atoms with E-state index in [0.717, 1.165) is 28.6 Å². The molecule has 0 fully saturated rings. The number of anilines is 1. The van der Waals surface area contributed by atoms with Crippen molar-refractivity contribution in [3.63, 3.8) is 0 Å². The highest BCUT2D eigenvalue weighted by atomic mass is 16.5. The smallest absolute Gasteiger partial charge is 0.255 e. The van der Waals surface area contributed by atoms with Gasteiger partial charge in [0.25, 0.3) is 5.91 Å². The first-order valence-corrected chi connectivity index (χ1v) is 7.21. The molecule has 0 aliphatic carbocycles. The van der Waals surface area contributed by atoms with Gasteiger partial charge in [-0.3, -0.25) is 9.78 Å². The molecule has 0 saturated heterocycles. The molecule has 1 N–H and O–H groups in total. The Morgan fingerprint density at radius 3 is 3.00 bits per heavy atom. The van der Waals surface area contributed by atoms with E-state index in [-0.39, 0.29) is 5.91 Å². The van der Waals surface area contributed by atoms with Crippen molar-refractivity contribution >= 4 is 22.5 Å². The van der Waals surface area contributed by atoms with Gasteiger partial charge in [0.1, 0.15) is 5.75 Å². The third kappa shape index (κ3) is 2.29. The van der Waals surface area contributed by atoms with Crippen molar-refractivity contribution in [1.82, 2.24) is 4.98 Å². The van der Waals surface area contributed by atoms with Gasteiger partial charge in [0.05, 0.1) is 24.0 Å². The number of nitrogens with zero attached hydrogens (tertiary/aromatic N) is 1. The van der Waals surface area contributed by atoms with E-state index >= 15 is 0 Å². The Morgan fingerprint density at radius 1 is 1.14 bits per heavy atom. The zero-order chi connectivity index (χ0) is 14.9. The van der Waals surface area contributed by atoms with Gasteiger partial charge in [-0.15, -0.1) is 0 Å². The van der Waals surface area contributed by atoms with Crippen LogP contribution in [0, 0.1) is 0 Å². The van der Waals surface area contributed by atoms with Crippen molar-refractivity contribution in [3.05, 3.63) is 65.9 Å². The molecule has 0 radical (unpaired) electrons. The fourth-order valence-corrected chi connectivity index (χ4v) is 2.67. The highest BCUT2D eigenvalue weighted by Gasteiger charge is 2.15. The highest BCUT2D eigenvalue weighted by Crippen LogP contribution is 2.26. The lowest BCUT2D eigenvalue weighted by molar-refractivity contribution is 0.102. The van der Waals surface area contributed by atoms with Gasteiger partial charge in [0.2, 0.25) is 0 Å². The summed E-state index contributed by atoms with van der Waals surface area (Å²) in [5.74, 6) is 0.746. The number of fused-ring (bicyclic) bond motifs is 2. The maximum absolute atomic E-state index is 12.4. The molecule has 4 heteroatoms. The van der Waals surface area contributed by atoms with Crippen LogP contribution in [0.4, 0.5) is 5.69 Å². The molecule has 4 nitrogen and oxygen atoms in total. The van der Waals surface area contributed by atoms with Crippen LogP contribution in [0.3, 0.4) is 0 Å². The summed E-state index contributed by atoms with van der Waals surface area (Å²) in [7, 11) is 0. The van der Waals surface area contributed by atoms with Crippen molar-refractivity contribution in [2.45, 2.75) is 6.42 Å². The number of rotatable bonds is 2. The van der Waals surface area contributed by atoms with Crippen LogP contribution in [0.25, 0.3) is 10.9 Å². The second kappa shape index (κ2) is 5.15. The van der Waals surface area contributed by atoms with E-state index in [2.05, 4.69) is 10.3 Å². The minimum Gasteiger partial charge on any atom is -0.493 e. The van der Waals surface area contributed by atoms with Crippen LogP contribution in [0.5, 0.6) is 5.75 Å². The first kappa shape index (κ1) is 12.8. The molecule has 0 spiro atoms. The Kier molecular flexibility index (Phi) is 3.00. The van der Waals surface area contributed by atoms with Gasteiger partial charge in [0.15, 0.2) is 0 Å². The van der Waals surface area contributed by atoms with Crippen molar-refractivity contribution in [2.24, 2.45) is 0 Å². The Morgan fingerprint density at radius 2 is 2.05 bits per heavy atom. The van der Waals surface area contributed by atoms with Crippen molar-refractivity contribution in [2.75, 3.05) is 11.9 Å². The van der Waals surface area contributed by atoms with Crippen LogP contribution in [-0.2, 0) is 6.42 Å². The normalized spacial score (nSPS) is 12.7. The van der Waals surface area contributed by atoms with Gasteiger partial charge in [-0.2, -0.15) is 0 Å². The highest BCUT2D eigenvalue weighted by molar-refractivity contribution is 6.05. The molecule has 108 valence electrons. The molecule has 1 amide bonds. The van der Waals surface area contributed by atoms with Crippen molar-refractivity contribution < 1.29 is 9.53 Å². The van der Waals surface area contributed by atoms with E-state index in [1.54, 1.807) is 12.3 Å². The Hall–Kier alpha value is -2.88. The number of nitrogens with one attached hydrogen (secondary N) is 1. The molecule has 2 heterocycles. The lowest BCUT2D eigenvalue weighted by atomic mass is 10.1. The van der Waals surface area contributed by atoms with Gasteiger partial charge in [-0.25, -0.2) is 0 Å². The molecule has 2 aromatic carbocycles. The van der Waals surface area contributed by atoms with Crippen LogP contribution in [0.15, 0.2) is 54.7 Å². The molecule has 0 bridgehead atoms. The Balaban J connectivity index is 1.60. The summed E-state index contributed by atoms with van der Waals surface area (Å²) in [5, 5.41) is 3.90. The number of carbonyl (C=O) groups is 1. The summed E-state index contributed by atoms with van der Waals surface area (Å²) in [5.41, 5.74) is 3.33. The zero-order valence-electron chi connectivity index (χ0n) is 11.9. The summed E-state index contributed by atoms with van der Waals surface area (Å²) in [6.45, 7) is 0.689. The molecule has 0 unspecified atom stereocenters. The Labute approximate surface area is 127 Å². The summed E-state index contributed by atoms with van der Waals surface area (Å²) >= 11 is 0. The molecule has 1 aromatic heterocycles. The molecular formula is C18H14N2O2. The number of para-hydroxylation sites is 1. The van der Waals surface area contributed by atoms with Gasteiger partial charge >= 0.3 is 0 Å². The first-order valence-electron chi connectivity index (χ1n) is 7.21. The maximum atomic E-state index is 12.4. The average molecular weight is 290 g/mol. The third-order valence-corrected chi connectivity index (χ3v) is 3.80. The molecule has 0 saturated carbocycles. The molecule has 4 rings (SSSR count). The van der Waals surface area contributed by atoms with Gasteiger partial charge in [0, 0.05) is 17.4 Å². The minimum absolute atomic E-state index is 0.133. The van der Waals surface area contributed by atoms with Gasteiger partial charge in [-0.1, -0.05) is 18.2 Å². The van der Waals surface area contributed by atoms with Crippen LogP contribution in [0.2, 0.25) is 0 Å². The van der Waals surface area contributed by atoms with Crippen LogP contribution in [0.1, 0.15) is 15.9 Å². The predicted octanol–water partition coefficient (Wildman–Crippen LogP) is 3.42. The third-order valence-electron chi connectivity index (χ3n) is 3.80. The maximum Gasteiger partial charge on any atom is 0.255 e. The topological polar surface area (TPSA) is 51.2 Å². The van der Waals surface area contributed by atoms with E-state index in [1.807, 2.05) is 42.5 Å². The number of carbonyl (C=O) groups excluding carboxylic acids is 1. The number of ether oxygens (including phenoxy) is 1. The number of hydrogen-bond donors (Lipinski definition) is 1. The van der Waals surface area contributed by atoms with E-state index in [9.17, 15) is 4.79 Å². The first-order chi connectivity index (χ1) is 10.8. The van der Waals surface area contributed by atoms with Crippen molar-refractivity contribution in [1.29, 1.82) is 0 Å². The minimum atomic E-state index is -0.133. The average Bonchev–Trinajstić information content (AvgIpc) is 3.02. The fourth-order valence-electron chi connectivity index (χ4n) is 2.67. The van der Waals surface area contributed by atoms with Gasteiger partial charge < -0.3 is 10.1 Å². The van der Waals surface area contributed by atoms with Gasteiger partial charge in [-0.05, 0) is 35.9 Å². The number of pyridine rings is 1. The zero-order valence-corrected chi connectivity index (χ0v) is 11.9. The molecular weight excluding hydrogens is 276 g/mol. The summed E-state index contributed by atoms with van der Waals surface area (Å²) in [6.07, 6.45) is 2.53. The molecule has 0 atom stereocenters. The van der Waals surface area contributed by atoms with Crippen LogP contribution in [-0.4, -0.2) is 17.5 Å². The summed E-state index contributed by atoms with van der Waals surface area (Å²) in [6, 6.07) is 15.3. The molecule has 3 aromatic rings. The molecule has 1 aliphatic rings. The predicted molar refractivity (Wildman–Crippen MR) is 85.3 cm³/mol. The number of aromatic nitrogens is 1. The second-order valence-corrected chi connectivity index (χ2v) is 5.29. The lowest BCUT2D eigenvalue weighted by Crippen LogP contribution is -2.12. The van der Waals surface area contributed by atoms with Crippen LogP contribution < -0.4 is 10.1 Å².